The Bertz CT molecular complexity index is 97.8. The zero-order valence-electron chi connectivity index (χ0n) is 5.92. The van der Waals surface area contributed by atoms with Crippen molar-refractivity contribution < 1.29 is 9.90 Å². The van der Waals surface area contributed by atoms with Crippen LogP contribution >= 0.6 is 0 Å². The van der Waals surface area contributed by atoms with E-state index in [0.717, 1.165) is 0 Å². The Morgan fingerprint density at radius 3 is 2.27 bits per heavy atom. The number of hydrogen-bond acceptors (Lipinski definition) is 4. The Hall–Kier alpha value is -0.650. The molecule has 70 valence electrons. The SMILES string of the molecule is C.N.NCCC[C@H](N)C(=O)O. The maximum Gasteiger partial charge on any atom is 0.320 e. The summed E-state index contributed by atoms with van der Waals surface area (Å²) in [4.78, 5) is 10.0. The van der Waals surface area contributed by atoms with Crippen molar-refractivity contribution in [1.29, 1.82) is 0 Å². The summed E-state index contributed by atoms with van der Waals surface area (Å²) in [5.41, 5.74) is 10.3. The Balaban J connectivity index is -0.000000320. The van der Waals surface area contributed by atoms with E-state index in [2.05, 4.69) is 0 Å². The first-order valence-corrected chi connectivity index (χ1v) is 2.87. The van der Waals surface area contributed by atoms with E-state index in [1.165, 1.54) is 0 Å². The first-order valence-electron chi connectivity index (χ1n) is 2.87. The normalized spacial score (nSPS) is 10.7. The van der Waals surface area contributed by atoms with Crippen LogP contribution in [0.2, 0.25) is 0 Å². The lowest BCUT2D eigenvalue weighted by atomic mass is 10.2. The van der Waals surface area contributed by atoms with Crippen molar-refractivity contribution in [2.45, 2.75) is 26.3 Å². The van der Waals surface area contributed by atoms with Gasteiger partial charge in [-0.1, -0.05) is 7.43 Å². The molecule has 0 rings (SSSR count). The minimum absolute atomic E-state index is 0. The van der Waals surface area contributed by atoms with Gasteiger partial charge in [-0.2, -0.15) is 0 Å². The van der Waals surface area contributed by atoms with Gasteiger partial charge in [-0.25, -0.2) is 0 Å². The third kappa shape index (κ3) is 9.35. The van der Waals surface area contributed by atoms with Gasteiger partial charge < -0.3 is 22.7 Å². The van der Waals surface area contributed by atoms with E-state index in [-0.39, 0.29) is 13.6 Å². The molecule has 0 aliphatic heterocycles. The topological polar surface area (TPSA) is 124 Å². The maximum atomic E-state index is 10.0. The van der Waals surface area contributed by atoms with Crippen LogP contribution in [0.1, 0.15) is 20.3 Å². The first kappa shape index (κ1) is 16.7. The molecular formula is C6H19N3O2. The second-order valence-electron chi connectivity index (χ2n) is 1.88. The zero-order chi connectivity index (χ0) is 7.28. The van der Waals surface area contributed by atoms with E-state index in [9.17, 15) is 4.79 Å². The summed E-state index contributed by atoms with van der Waals surface area (Å²) in [6.07, 6.45) is 1.14. The van der Waals surface area contributed by atoms with Crippen molar-refractivity contribution >= 4 is 5.97 Å². The molecule has 0 bridgehead atoms. The average Bonchev–Trinajstić information content (AvgIpc) is 1.82. The van der Waals surface area contributed by atoms with Crippen LogP contribution in [0, 0.1) is 0 Å². The van der Waals surface area contributed by atoms with Crippen molar-refractivity contribution in [2.24, 2.45) is 11.5 Å². The minimum atomic E-state index is -0.955. The summed E-state index contributed by atoms with van der Waals surface area (Å²) < 4.78 is 0. The maximum absolute atomic E-state index is 10.0. The highest BCUT2D eigenvalue weighted by Gasteiger charge is 2.08. The Morgan fingerprint density at radius 2 is 2.00 bits per heavy atom. The predicted octanol–water partition coefficient (Wildman–Crippen LogP) is -0.0647. The second-order valence-corrected chi connectivity index (χ2v) is 1.88. The van der Waals surface area contributed by atoms with E-state index >= 15 is 0 Å². The third-order valence-corrected chi connectivity index (χ3v) is 1.04. The predicted molar refractivity (Wildman–Crippen MR) is 45.7 cm³/mol. The molecule has 0 amide bonds. The lowest BCUT2D eigenvalue weighted by Gasteiger charge is -2.02. The molecule has 0 aromatic heterocycles. The van der Waals surface area contributed by atoms with Crippen LogP contribution in [0.3, 0.4) is 0 Å². The Labute approximate surface area is 67.3 Å². The lowest BCUT2D eigenvalue weighted by molar-refractivity contribution is -0.138. The molecular weight excluding hydrogens is 146 g/mol. The lowest BCUT2D eigenvalue weighted by Crippen LogP contribution is -2.30. The largest absolute Gasteiger partial charge is 0.480 e. The number of rotatable bonds is 4. The quantitative estimate of drug-likeness (QED) is 0.464. The van der Waals surface area contributed by atoms with Gasteiger partial charge in [-0.05, 0) is 19.4 Å². The summed E-state index contributed by atoms with van der Waals surface area (Å²) in [5.74, 6) is -0.955. The van der Waals surface area contributed by atoms with Crippen LogP contribution in [0.25, 0.3) is 0 Å². The molecule has 0 radical (unpaired) electrons. The molecule has 0 aliphatic rings. The summed E-state index contributed by atoms with van der Waals surface area (Å²) in [5, 5.41) is 8.24. The molecule has 5 heteroatoms. The molecule has 0 aromatic carbocycles. The van der Waals surface area contributed by atoms with Crippen LogP contribution in [0.5, 0.6) is 0 Å². The molecule has 8 N–H and O–H groups in total. The molecule has 0 spiro atoms. The molecule has 5 nitrogen and oxygen atoms in total. The molecule has 1 atom stereocenters. The highest BCUT2D eigenvalue weighted by molar-refractivity contribution is 5.72. The number of carboxylic acid groups (broad SMARTS) is 1. The van der Waals surface area contributed by atoms with Crippen LogP contribution < -0.4 is 17.6 Å². The summed E-state index contributed by atoms with van der Waals surface area (Å²) in [6, 6.07) is -0.742. The van der Waals surface area contributed by atoms with Gasteiger partial charge in [0.05, 0.1) is 0 Å². The van der Waals surface area contributed by atoms with Gasteiger partial charge in [0.15, 0.2) is 0 Å². The molecule has 0 aromatic rings. The minimum Gasteiger partial charge on any atom is -0.480 e. The molecule has 0 heterocycles. The van der Waals surface area contributed by atoms with Crippen LogP contribution in [0.4, 0.5) is 0 Å². The number of carbonyl (C=O) groups is 1. The Morgan fingerprint density at radius 1 is 1.55 bits per heavy atom. The van der Waals surface area contributed by atoms with Crippen LogP contribution in [-0.4, -0.2) is 23.7 Å². The van der Waals surface area contributed by atoms with E-state index in [0.29, 0.717) is 19.4 Å². The van der Waals surface area contributed by atoms with Crippen molar-refractivity contribution in [1.82, 2.24) is 6.15 Å². The van der Waals surface area contributed by atoms with Gasteiger partial charge in [-0.3, -0.25) is 4.79 Å². The number of nitrogens with two attached hydrogens (primary N) is 2. The van der Waals surface area contributed by atoms with Crippen LogP contribution in [0.15, 0.2) is 0 Å². The van der Waals surface area contributed by atoms with E-state index < -0.39 is 12.0 Å². The molecule has 0 saturated carbocycles. The van der Waals surface area contributed by atoms with Gasteiger partial charge in [0.2, 0.25) is 0 Å². The molecule has 0 fully saturated rings. The van der Waals surface area contributed by atoms with Gasteiger partial charge >= 0.3 is 5.97 Å². The van der Waals surface area contributed by atoms with Crippen molar-refractivity contribution in [3.63, 3.8) is 0 Å². The van der Waals surface area contributed by atoms with E-state index in [1.807, 2.05) is 0 Å². The number of carboxylic acids is 1. The first-order chi connectivity index (χ1) is 4.18. The van der Waals surface area contributed by atoms with E-state index in [4.69, 9.17) is 16.6 Å². The van der Waals surface area contributed by atoms with Crippen LogP contribution in [-0.2, 0) is 4.79 Å². The summed E-state index contributed by atoms with van der Waals surface area (Å²) in [7, 11) is 0. The average molecular weight is 165 g/mol. The van der Waals surface area contributed by atoms with Gasteiger partial charge in [0, 0.05) is 0 Å². The number of hydrogen-bond donors (Lipinski definition) is 4. The van der Waals surface area contributed by atoms with Crippen molar-refractivity contribution in [3.8, 4) is 0 Å². The van der Waals surface area contributed by atoms with Gasteiger partial charge in [0.25, 0.3) is 0 Å². The van der Waals surface area contributed by atoms with Crippen molar-refractivity contribution in [3.05, 3.63) is 0 Å². The summed E-state index contributed by atoms with van der Waals surface area (Å²) in [6.45, 7) is 0.501. The molecule has 0 unspecified atom stereocenters. The van der Waals surface area contributed by atoms with E-state index in [1.54, 1.807) is 0 Å². The highest BCUT2D eigenvalue weighted by Crippen LogP contribution is 1.91. The van der Waals surface area contributed by atoms with Crippen molar-refractivity contribution in [2.75, 3.05) is 6.54 Å². The highest BCUT2D eigenvalue weighted by atomic mass is 16.4. The molecule has 0 aliphatic carbocycles. The standard InChI is InChI=1S/C5H12N2O2.CH4.H3N/c6-3-1-2-4(7)5(8)9;;/h4H,1-3,6-7H2,(H,8,9);1H4;1H3/t4-;;/m0../s1. The molecule has 11 heavy (non-hydrogen) atoms. The van der Waals surface area contributed by atoms with Gasteiger partial charge in [-0.15, -0.1) is 0 Å². The second kappa shape index (κ2) is 9.35. The summed E-state index contributed by atoms with van der Waals surface area (Å²) >= 11 is 0. The fraction of sp³-hybridized carbons (Fsp3) is 0.833. The monoisotopic (exact) mass is 165 g/mol. The molecule has 0 saturated heterocycles. The fourth-order valence-corrected chi connectivity index (χ4v) is 0.461. The zero-order valence-corrected chi connectivity index (χ0v) is 5.92. The smallest absolute Gasteiger partial charge is 0.320 e. The van der Waals surface area contributed by atoms with Gasteiger partial charge in [0.1, 0.15) is 6.04 Å². The Kier molecular flexibility index (Phi) is 14.2. The number of aliphatic carboxylic acids is 1. The fourth-order valence-electron chi connectivity index (χ4n) is 0.461. The third-order valence-electron chi connectivity index (χ3n) is 1.04.